The maximum absolute atomic E-state index is 5.37. The zero-order valence-electron chi connectivity index (χ0n) is 7.10. The van der Waals surface area contributed by atoms with E-state index in [1.807, 2.05) is 0 Å². The summed E-state index contributed by atoms with van der Waals surface area (Å²) < 4.78 is 5.24. The average Bonchev–Trinajstić information content (AvgIpc) is 1.98. The van der Waals surface area contributed by atoms with E-state index < -0.39 is 0 Å². The van der Waals surface area contributed by atoms with Crippen molar-refractivity contribution in [3.63, 3.8) is 0 Å². The smallest absolute Gasteiger partial charge is 0.0571 e. The predicted octanol–water partition coefficient (Wildman–Crippen LogP) is 1.54. The molecule has 10 heavy (non-hydrogen) atoms. The Kier molecular flexibility index (Phi) is 6.98. The first-order valence-electron chi connectivity index (χ1n) is 4.08. The monoisotopic (exact) mass is 145 g/mol. The Hall–Kier alpha value is -0.0800. The fourth-order valence-corrected chi connectivity index (χ4v) is 1.05. The van der Waals surface area contributed by atoms with Crippen LogP contribution in [0.25, 0.3) is 0 Å². The Morgan fingerprint density at radius 2 is 2.10 bits per heavy atom. The molecule has 0 saturated carbocycles. The van der Waals surface area contributed by atoms with Gasteiger partial charge in [0.15, 0.2) is 0 Å². The number of hydrogen-bond acceptors (Lipinski definition) is 2. The highest BCUT2D eigenvalue weighted by Crippen LogP contribution is 2.06. The van der Waals surface area contributed by atoms with Crippen LogP contribution in [0.1, 0.15) is 32.6 Å². The molecule has 0 unspecified atom stereocenters. The van der Waals surface area contributed by atoms with E-state index in [4.69, 9.17) is 10.5 Å². The first-order chi connectivity index (χ1) is 4.85. The van der Waals surface area contributed by atoms with Crippen LogP contribution in [-0.4, -0.2) is 19.8 Å². The second-order valence-electron chi connectivity index (χ2n) is 2.58. The molecule has 0 aromatic carbocycles. The fourth-order valence-electron chi connectivity index (χ4n) is 1.05. The van der Waals surface area contributed by atoms with Crippen molar-refractivity contribution in [2.75, 3.05) is 13.7 Å². The summed E-state index contributed by atoms with van der Waals surface area (Å²) in [6.45, 7) is 2.96. The predicted molar refractivity (Wildman–Crippen MR) is 44.0 cm³/mol. The van der Waals surface area contributed by atoms with Gasteiger partial charge in [-0.05, 0) is 25.8 Å². The minimum atomic E-state index is 0.438. The fraction of sp³-hybridized carbons (Fsp3) is 1.00. The summed E-state index contributed by atoms with van der Waals surface area (Å²) >= 11 is 0. The molecule has 1 atom stereocenters. The number of nitrogens with two attached hydrogens (primary N) is 1. The molecule has 0 rings (SSSR count). The Bertz CT molecular complexity index is 66.3. The van der Waals surface area contributed by atoms with Crippen LogP contribution in [0.15, 0.2) is 0 Å². The summed E-state index contributed by atoms with van der Waals surface area (Å²) in [5.41, 5.74) is 5.37. The van der Waals surface area contributed by atoms with E-state index in [1.165, 1.54) is 6.42 Å². The molecule has 0 spiro atoms. The molecule has 2 nitrogen and oxygen atoms in total. The lowest BCUT2D eigenvalue weighted by atomic mass is 10.1. The molecule has 0 fully saturated rings. The maximum atomic E-state index is 5.37. The lowest BCUT2D eigenvalue weighted by Gasteiger charge is -2.12. The molecule has 0 aliphatic rings. The van der Waals surface area contributed by atoms with Crippen molar-refractivity contribution in [1.82, 2.24) is 0 Å². The molecule has 0 saturated heterocycles. The number of methoxy groups -OCH3 is 1. The minimum absolute atomic E-state index is 0.438. The van der Waals surface area contributed by atoms with Crippen molar-refractivity contribution in [2.24, 2.45) is 5.73 Å². The van der Waals surface area contributed by atoms with Crippen molar-refractivity contribution in [2.45, 2.75) is 38.7 Å². The molecular weight excluding hydrogens is 126 g/mol. The van der Waals surface area contributed by atoms with Gasteiger partial charge in [0.2, 0.25) is 0 Å². The highest BCUT2D eigenvalue weighted by molar-refractivity contribution is 4.56. The molecule has 0 aliphatic heterocycles. The maximum Gasteiger partial charge on any atom is 0.0571 e. The summed E-state index contributed by atoms with van der Waals surface area (Å²) in [7, 11) is 1.77. The number of rotatable bonds is 6. The van der Waals surface area contributed by atoms with Crippen LogP contribution in [-0.2, 0) is 4.74 Å². The molecule has 0 aliphatic carbocycles. The SMILES string of the molecule is CCC[C@@H](CCCN)OC. The van der Waals surface area contributed by atoms with Gasteiger partial charge in [0.25, 0.3) is 0 Å². The third-order valence-corrected chi connectivity index (χ3v) is 1.67. The zero-order chi connectivity index (χ0) is 7.82. The van der Waals surface area contributed by atoms with Gasteiger partial charge in [-0.1, -0.05) is 13.3 Å². The largest absolute Gasteiger partial charge is 0.381 e. The topological polar surface area (TPSA) is 35.2 Å². The van der Waals surface area contributed by atoms with Gasteiger partial charge in [-0.3, -0.25) is 0 Å². The molecule has 0 heterocycles. The van der Waals surface area contributed by atoms with E-state index in [-0.39, 0.29) is 0 Å². The summed E-state index contributed by atoms with van der Waals surface area (Å²) in [5.74, 6) is 0. The van der Waals surface area contributed by atoms with Crippen LogP contribution in [0.4, 0.5) is 0 Å². The van der Waals surface area contributed by atoms with Gasteiger partial charge < -0.3 is 10.5 Å². The first-order valence-corrected chi connectivity index (χ1v) is 4.08. The normalized spacial score (nSPS) is 13.5. The van der Waals surface area contributed by atoms with Gasteiger partial charge in [0.05, 0.1) is 6.10 Å². The minimum Gasteiger partial charge on any atom is -0.381 e. The number of hydrogen-bond donors (Lipinski definition) is 1. The third-order valence-electron chi connectivity index (χ3n) is 1.67. The highest BCUT2D eigenvalue weighted by Gasteiger charge is 2.03. The Labute approximate surface area is 63.7 Å². The molecule has 62 valence electrons. The van der Waals surface area contributed by atoms with E-state index in [2.05, 4.69) is 6.92 Å². The zero-order valence-corrected chi connectivity index (χ0v) is 7.10. The van der Waals surface area contributed by atoms with Crippen LogP contribution < -0.4 is 5.73 Å². The molecular formula is C8H19NO. The van der Waals surface area contributed by atoms with Crippen molar-refractivity contribution >= 4 is 0 Å². The third kappa shape index (κ3) is 4.77. The van der Waals surface area contributed by atoms with Crippen LogP contribution in [0, 0.1) is 0 Å². The van der Waals surface area contributed by atoms with E-state index in [9.17, 15) is 0 Å². The van der Waals surface area contributed by atoms with Gasteiger partial charge >= 0.3 is 0 Å². The van der Waals surface area contributed by atoms with E-state index in [0.29, 0.717) is 6.10 Å². The second-order valence-corrected chi connectivity index (χ2v) is 2.58. The number of ether oxygens (including phenoxy) is 1. The first kappa shape index (κ1) is 9.92. The summed E-state index contributed by atoms with van der Waals surface area (Å²) in [6, 6.07) is 0. The summed E-state index contributed by atoms with van der Waals surface area (Å²) in [6.07, 6.45) is 4.99. The summed E-state index contributed by atoms with van der Waals surface area (Å²) in [4.78, 5) is 0. The molecule has 0 radical (unpaired) electrons. The van der Waals surface area contributed by atoms with Gasteiger partial charge in [-0.2, -0.15) is 0 Å². The van der Waals surface area contributed by atoms with E-state index in [0.717, 1.165) is 25.8 Å². The Balaban J connectivity index is 3.21. The van der Waals surface area contributed by atoms with Crippen LogP contribution in [0.2, 0.25) is 0 Å². The average molecular weight is 145 g/mol. The van der Waals surface area contributed by atoms with Gasteiger partial charge in [-0.25, -0.2) is 0 Å². The van der Waals surface area contributed by atoms with E-state index >= 15 is 0 Å². The van der Waals surface area contributed by atoms with Gasteiger partial charge in [0.1, 0.15) is 0 Å². The lowest BCUT2D eigenvalue weighted by Crippen LogP contribution is -2.12. The lowest BCUT2D eigenvalue weighted by molar-refractivity contribution is 0.0862. The highest BCUT2D eigenvalue weighted by atomic mass is 16.5. The molecule has 0 amide bonds. The molecule has 0 bridgehead atoms. The molecule has 0 aromatic rings. The quantitative estimate of drug-likeness (QED) is 0.615. The van der Waals surface area contributed by atoms with Crippen LogP contribution in [0.3, 0.4) is 0 Å². The van der Waals surface area contributed by atoms with Crippen molar-refractivity contribution in [3.8, 4) is 0 Å². The summed E-state index contributed by atoms with van der Waals surface area (Å²) in [5, 5.41) is 0. The second kappa shape index (κ2) is 7.03. The van der Waals surface area contributed by atoms with Crippen molar-refractivity contribution in [3.05, 3.63) is 0 Å². The Morgan fingerprint density at radius 1 is 1.40 bits per heavy atom. The molecule has 0 aromatic heterocycles. The van der Waals surface area contributed by atoms with Crippen LogP contribution in [0.5, 0.6) is 0 Å². The van der Waals surface area contributed by atoms with Crippen LogP contribution >= 0.6 is 0 Å². The standard InChI is InChI=1S/C8H19NO/c1-3-5-8(10-2)6-4-7-9/h8H,3-7,9H2,1-2H3/t8-/m0/s1. The van der Waals surface area contributed by atoms with Crippen molar-refractivity contribution < 1.29 is 4.74 Å². The molecule has 2 N–H and O–H groups in total. The van der Waals surface area contributed by atoms with Gasteiger partial charge in [-0.15, -0.1) is 0 Å². The van der Waals surface area contributed by atoms with Crippen molar-refractivity contribution in [1.29, 1.82) is 0 Å². The Morgan fingerprint density at radius 3 is 2.50 bits per heavy atom. The van der Waals surface area contributed by atoms with Gasteiger partial charge in [0, 0.05) is 7.11 Å². The van der Waals surface area contributed by atoms with E-state index in [1.54, 1.807) is 7.11 Å². The molecule has 2 heteroatoms.